The number of carbonyl (C=O) groups is 1. The van der Waals surface area contributed by atoms with Gasteiger partial charge in [-0.2, -0.15) is 4.99 Å². The number of carbonyl (C=O) groups excluding carboxylic acids is 1. The molecule has 3 nitrogen and oxygen atoms in total. The summed E-state index contributed by atoms with van der Waals surface area (Å²) in [6, 6.07) is 0. The Labute approximate surface area is 70.9 Å². The average Bonchev–Trinajstić information content (AvgIpc) is 2.37. The molecule has 4 heteroatoms. The summed E-state index contributed by atoms with van der Waals surface area (Å²) in [6.45, 7) is 4.45. The largest absolute Gasteiger partial charge is 0.353 e. The first-order valence-corrected chi connectivity index (χ1v) is 4.47. The average molecular weight is 171 g/mol. The zero-order valence-electron chi connectivity index (χ0n) is 6.54. The van der Waals surface area contributed by atoms with Crippen molar-refractivity contribution in [3.05, 3.63) is 6.92 Å². The molecule has 1 aliphatic rings. The van der Waals surface area contributed by atoms with Gasteiger partial charge in [0.25, 0.3) is 0 Å². The predicted octanol–water partition coefficient (Wildman–Crippen LogP) is 0.772. The van der Waals surface area contributed by atoms with Crippen LogP contribution >= 0.6 is 11.8 Å². The molecule has 61 valence electrons. The maximum atomic E-state index is 10.8. The molecule has 1 saturated heterocycles. The summed E-state index contributed by atoms with van der Waals surface area (Å²) >= 11 is 1.62. The van der Waals surface area contributed by atoms with Gasteiger partial charge < -0.3 is 4.90 Å². The highest BCUT2D eigenvalue weighted by Gasteiger charge is 2.15. The lowest BCUT2D eigenvalue weighted by atomic mass is 10.5. The Balaban J connectivity index is 2.57. The van der Waals surface area contributed by atoms with Gasteiger partial charge in [0, 0.05) is 25.8 Å². The predicted molar refractivity (Wildman–Crippen MR) is 47.5 cm³/mol. The van der Waals surface area contributed by atoms with E-state index in [0.717, 1.165) is 17.5 Å². The van der Waals surface area contributed by atoms with E-state index in [4.69, 9.17) is 0 Å². The number of hydrogen-bond donors (Lipinski definition) is 0. The summed E-state index contributed by atoms with van der Waals surface area (Å²) in [7, 11) is 1.94. The zero-order valence-corrected chi connectivity index (χ0v) is 7.36. The van der Waals surface area contributed by atoms with Gasteiger partial charge >= 0.3 is 0 Å². The fourth-order valence-electron chi connectivity index (χ4n) is 0.760. The first-order valence-electron chi connectivity index (χ1n) is 3.48. The van der Waals surface area contributed by atoms with E-state index in [0.29, 0.717) is 0 Å². The van der Waals surface area contributed by atoms with Gasteiger partial charge in [0.1, 0.15) is 0 Å². The maximum absolute atomic E-state index is 10.8. The molecule has 0 N–H and O–H groups in total. The summed E-state index contributed by atoms with van der Waals surface area (Å²) in [5.74, 6) is 0.890. The van der Waals surface area contributed by atoms with Crippen LogP contribution in [0.3, 0.4) is 0 Å². The van der Waals surface area contributed by atoms with Crippen LogP contribution in [0.5, 0.6) is 0 Å². The first kappa shape index (κ1) is 8.59. The molecule has 0 atom stereocenters. The van der Waals surface area contributed by atoms with Gasteiger partial charge in [-0.15, -0.1) is 0 Å². The van der Waals surface area contributed by atoms with Crippen LogP contribution in [0.15, 0.2) is 4.99 Å². The third kappa shape index (κ3) is 2.22. The number of nitrogens with zero attached hydrogens (tertiary/aromatic N) is 2. The molecule has 0 aromatic rings. The minimum atomic E-state index is -0.138. The van der Waals surface area contributed by atoms with Gasteiger partial charge in [-0.25, -0.2) is 0 Å². The van der Waals surface area contributed by atoms with Crippen molar-refractivity contribution < 1.29 is 4.79 Å². The molecule has 1 fully saturated rings. The standard InChI is InChI=1S/C7H11N2OS/c1-3-6(10)8-7-9(2)4-5-11-7/h1,3-5H2,2H3/b8-7+. The normalized spacial score (nSPS) is 21.3. The number of hydrogen-bond acceptors (Lipinski definition) is 2. The van der Waals surface area contributed by atoms with E-state index in [2.05, 4.69) is 11.9 Å². The van der Waals surface area contributed by atoms with E-state index in [1.54, 1.807) is 11.8 Å². The quantitative estimate of drug-likeness (QED) is 0.584. The summed E-state index contributed by atoms with van der Waals surface area (Å²) in [5, 5.41) is 0.832. The lowest BCUT2D eigenvalue weighted by Crippen LogP contribution is -2.19. The second kappa shape index (κ2) is 3.76. The van der Waals surface area contributed by atoms with E-state index in [1.807, 2.05) is 11.9 Å². The van der Waals surface area contributed by atoms with E-state index >= 15 is 0 Å². The molecular weight excluding hydrogens is 160 g/mol. The Kier molecular flexibility index (Phi) is 2.93. The summed E-state index contributed by atoms with van der Waals surface area (Å²) in [6.07, 6.45) is 0.248. The minimum absolute atomic E-state index is 0.138. The number of amidine groups is 1. The van der Waals surface area contributed by atoms with Gasteiger partial charge in [0.2, 0.25) is 5.91 Å². The maximum Gasteiger partial charge on any atom is 0.248 e. The SMILES string of the molecule is [CH2]CC(=O)/N=C1/SCCN1C. The molecule has 0 aromatic carbocycles. The molecule has 0 bridgehead atoms. The van der Waals surface area contributed by atoms with Gasteiger partial charge in [-0.05, 0) is 6.92 Å². The number of thioether (sulfide) groups is 1. The topological polar surface area (TPSA) is 32.7 Å². The van der Waals surface area contributed by atoms with Crippen LogP contribution in [-0.4, -0.2) is 35.3 Å². The van der Waals surface area contributed by atoms with Gasteiger partial charge in [0.15, 0.2) is 5.17 Å². The highest BCUT2D eigenvalue weighted by Crippen LogP contribution is 2.15. The highest BCUT2D eigenvalue weighted by atomic mass is 32.2. The molecule has 0 spiro atoms. The van der Waals surface area contributed by atoms with Crippen molar-refractivity contribution in [2.45, 2.75) is 6.42 Å². The molecule has 0 saturated carbocycles. The van der Waals surface area contributed by atoms with Crippen LogP contribution in [-0.2, 0) is 4.79 Å². The lowest BCUT2D eigenvalue weighted by Gasteiger charge is -2.07. The summed E-state index contributed by atoms with van der Waals surface area (Å²) in [5.41, 5.74) is 0. The highest BCUT2D eigenvalue weighted by molar-refractivity contribution is 8.14. The molecule has 0 aliphatic carbocycles. The Morgan fingerprint density at radius 1 is 1.91 bits per heavy atom. The second-order valence-corrected chi connectivity index (χ2v) is 3.37. The molecule has 11 heavy (non-hydrogen) atoms. The molecule has 1 rings (SSSR count). The fraction of sp³-hybridized carbons (Fsp3) is 0.571. The van der Waals surface area contributed by atoms with Crippen molar-refractivity contribution in [2.75, 3.05) is 19.3 Å². The molecule has 1 heterocycles. The Bertz CT molecular complexity index is 191. The van der Waals surface area contributed by atoms with Crippen molar-refractivity contribution in [3.8, 4) is 0 Å². The molecule has 0 unspecified atom stereocenters. The van der Waals surface area contributed by atoms with Crippen molar-refractivity contribution in [1.29, 1.82) is 0 Å². The van der Waals surface area contributed by atoms with E-state index in [-0.39, 0.29) is 12.3 Å². The molecule has 1 amide bonds. The third-order valence-electron chi connectivity index (χ3n) is 1.42. The van der Waals surface area contributed by atoms with Crippen LogP contribution in [0.1, 0.15) is 6.42 Å². The van der Waals surface area contributed by atoms with Crippen molar-refractivity contribution in [1.82, 2.24) is 4.90 Å². The Hall–Kier alpha value is -0.510. The van der Waals surface area contributed by atoms with E-state index in [1.165, 1.54) is 0 Å². The van der Waals surface area contributed by atoms with Crippen molar-refractivity contribution in [2.24, 2.45) is 4.99 Å². The van der Waals surface area contributed by atoms with Crippen LogP contribution in [0, 0.1) is 6.92 Å². The van der Waals surface area contributed by atoms with Crippen LogP contribution in [0.25, 0.3) is 0 Å². The number of amides is 1. The zero-order chi connectivity index (χ0) is 8.27. The number of rotatable bonds is 1. The lowest BCUT2D eigenvalue weighted by molar-refractivity contribution is -0.117. The minimum Gasteiger partial charge on any atom is -0.353 e. The van der Waals surface area contributed by atoms with Crippen molar-refractivity contribution in [3.63, 3.8) is 0 Å². The Morgan fingerprint density at radius 3 is 3.09 bits per heavy atom. The first-order chi connectivity index (χ1) is 5.24. The molecule has 0 aromatic heterocycles. The van der Waals surface area contributed by atoms with Crippen LogP contribution in [0.4, 0.5) is 0 Å². The summed E-state index contributed by atoms with van der Waals surface area (Å²) < 4.78 is 0. The molecule has 1 aliphatic heterocycles. The van der Waals surface area contributed by atoms with Crippen LogP contribution in [0.2, 0.25) is 0 Å². The van der Waals surface area contributed by atoms with E-state index < -0.39 is 0 Å². The third-order valence-corrected chi connectivity index (χ3v) is 2.47. The monoisotopic (exact) mass is 171 g/mol. The summed E-state index contributed by atoms with van der Waals surface area (Å²) in [4.78, 5) is 16.7. The van der Waals surface area contributed by atoms with Gasteiger partial charge in [-0.1, -0.05) is 11.8 Å². The van der Waals surface area contributed by atoms with Crippen molar-refractivity contribution >= 4 is 22.8 Å². The Morgan fingerprint density at radius 2 is 2.64 bits per heavy atom. The number of aliphatic imine (C=N–C) groups is 1. The molecular formula is C7H11N2OS. The molecule has 1 radical (unpaired) electrons. The van der Waals surface area contributed by atoms with Crippen LogP contribution < -0.4 is 0 Å². The van der Waals surface area contributed by atoms with E-state index in [9.17, 15) is 4.79 Å². The fourth-order valence-corrected chi connectivity index (χ4v) is 1.79. The van der Waals surface area contributed by atoms with Gasteiger partial charge in [-0.3, -0.25) is 4.79 Å². The van der Waals surface area contributed by atoms with Gasteiger partial charge in [0.05, 0.1) is 0 Å². The smallest absolute Gasteiger partial charge is 0.248 e. The second-order valence-electron chi connectivity index (χ2n) is 2.31.